The summed E-state index contributed by atoms with van der Waals surface area (Å²) in [6, 6.07) is 3.47. The summed E-state index contributed by atoms with van der Waals surface area (Å²) in [4.78, 5) is 20.4. The van der Waals surface area contributed by atoms with Gasteiger partial charge in [0.25, 0.3) is 5.91 Å². The SMILES string of the molecule is CCCNc1ccc(C(=O)Nc2nnc(C)c(C)n2)cn1. The Morgan fingerprint density at radius 3 is 2.62 bits per heavy atom. The maximum absolute atomic E-state index is 12.1. The number of nitrogens with zero attached hydrogens (tertiary/aromatic N) is 4. The molecule has 0 atom stereocenters. The number of nitrogens with one attached hydrogen (secondary N) is 2. The van der Waals surface area contributed by atoms with Crippen LogP contribution in [-0.4, -0.2) is 32.6 Å². The number of hydrogen-bond donors (Lipinski definition) is 2. The van der Waals surface area contributed by atoms with Crippen LogP contribution in [0.25, 0.3) is 0 Å². The Kier molecular flexibility index (Phi) is 4.76. The first kappa shape index (κ1) is 14.8. The fourth-order valence-electron chi connectivity index (χ4n) is 1.57. The first-order chi connectivity index (χ1) is 10.1. The lowest BCUT2D eigenvalue weighted by Gasteiger charge is -2.06. The number of rotatable bonds is 5. The van der Waals surface area contributed by atoms with Gasteiger partial charge >= 0.3 is 0 Å². The molecule has 0 fully saturated rings. The number of carbonyl (C=O) groups is 1. The standard InChI is InChI=1S/C14H18N6O/c1-4-7-15-12-6-5-11(8-16-12)13(21)18-14-17-9(2)10(3)19-20-14/h5-6,8H,4,7H2,1-3H3,(H,15,16)(H,17,18,20,21). The van der Waals surface area contributed by atoms with Crippen molar-refractivity contribution in [2.45, 2.75) is 27.2 Å². The fraction of sp³-hybridized carbons (Fsp3) is 0.357. The van der Waals surface area contributed by atoms with E-state index in [-0.39, 0.29) is 11.9 Å². The van der Waals surface area contributed by atoms with Gasteiger partial charge in [0.2, 0.25) is 5.95 Å². The van der Waals surface area contributed by atoms with Gasteiger partial charge in [-0.05, 0) is 32.4 Å². The summed E-state index contributed by atoms with van der Waals surface area (Å²) in [5.74, 6) is 0.628. The van der Waals surface area contributed by atoms with Gasteiger partial charge in [0, 0.05) is 12.7 Å². The summed E-state index contributed by atoms with van der Waals surface area (Å²) in [7, 11) is 0. The van der Waals surface area contributed by atoms with Gasteiger partial charge in [-0.2, -0.15) is 5.10 Å². The van der Waals surface area contributed by atoms with Gasteiger partial charge in [-0.25, -0.2) is 9.97 Å². The van der Waals surface area contributed by atoms with Gasteiger partial charge in [-0.3, -0.25) is 10.1 Å². The van der Waals surface area contributed by atoms with E-state index in [4.69, 9.17) is 0 Å². The van der Waals surface area contributed by atoms with Crippen LogP contribution < -0.4 is 10.6 Å². The molecule has 2 aromatic heterocycles. The third kappa shape index (κ3) is 3.95. The molecule has 0 bridgehead atoms. The molecule has 0 radical (unpaired) electrons. The molecule has 2 rings (SSSR count). The molecule has 2 aromatic rings. The number of anilines is 2. The fourth-order valence-corrected chi connectivity index (χ4v) is 1.57. The van der Waals surface area contributed by atoms with Crippen LogP contribution in [-0.2, 0) is 0 Å². The summed E-state index contributed by atoms with van der Waals surface area (Å²) in [5, 5.41) is 13.5. The van der Waals surface area contributed by atoms with Gasteiger partial charge in [-0.1, -0.05) is 6.92 Å². The lowest BCUT2D eigenvalue weighted by Crippen LogP contribution is -2.16. The minimum Gasteiger partial charge on any atom is -0.370 e. The van der Waals surface area contributed by atoms with E-state index in [0.29, 0.717) is 5.56 Å². The van der Waals surface area contributed by atoms with E-state index >= 15 is 0 Å². The summed E-state index contributed by atoms with van der Waals surface area (Å²) in [5.41, 5.74) is 1.91. The molecular formula is C14H18N6O. The lowest BCUT2D eigenvalue weighted by atomic mass is 10.2. The molecule has 0 saturated carbocycles. The van der Waals surface area contributed by atoms with Crippen molar-refractivity contribution in [3.8, 4) is 0 Å². The van der Waals surface area contributed by atoms with Crippen molar-refractivity contribution in [3.05, 3.63) is 35.3 Å². The zero-order valence-corrected chi connectivity index (χ0v) is 12.3. The number of carbonyl (C=O) groups excluding carboxylic acids is 1. The third-order valence-electron chi connectivity index (χ3n) is 2.90. The lowest BCUT2D eigenvalue weighted by molar-refractivity contribution is 0.102. The van der Waals surface area contributed by atoms with E-state index in [0.717, 1.165) is 30.2 Å². The average Bonchev–Trinajstić information content (AvgIpc) is 2.49. The van der Waals surface area contributed by atoms with Gasteiger partial charge in [0.05, 0.1) is 17.0 Å². The number of pyridine rings is 1. The minimum atomic E-state index is -0.311. The summed E-state index contributed by atoms with van der Waals surface area (Å²) in [6.07, 6.45) is 2.53. The highest BCUT2D eigenvalue weighted by molar-refractivity contribution is 6.03. The first-order valence-corrected chi connectivity index (χ1v) is 6.79. The second-order valence-electron chi connectivity index (χ2n) is 4.62. The van der Waals surface area contributed by atoms with Crippen LogP contribution in [0.3, 0.4) is 0 Å². The molecule has 1 amide bonds. The summed E-state index contributed by atoms with van der Waals surface area (Å²) in [6.45, 7) is 6.55. The first-order valence-electron chi connectivity index (χ1n) is 6.79. The number of aromatic nitrogens is 4. The van der Waals surface area contributed by atoms with Crippen LogP contribution in [0.15, 0.2) is 18.3 Å². The van der Waals surface area contributed by atoms with Crippen LogP contribution in [0.4, 0.5) is 11.8 Å². The molecule has 21 heavy (non-hydrogen) atoms. The third-order valence-corrected chi connectivity index (χ3v) is 2.90. The van der Waals surface area contributed by atoms with Crippen molar-refractivity contribution >= 4 is 17.7 Å². The Hall–Kier alpha value is -2.57. The quantitative estimate of drug-likeness (QED) is 0.872. The van der Waals surface area contributed by atoms with Crippen molar-refractivity contribution in [3.63, 3.8) is 0 Å². The van der Waals surface area contributed by atoms with Crippen LogP contribution >= 0.6 is 0 Å². The topological polar surface area (TPSA) is 92.7 Å². The molecule has 0 unspecified atom stereocenters. The monoisotopic (exact) mass is 286 g/mol. The smallest absolute Gasteiger partial charge is 0.259 e. The molecule has 0 aliphatic carbocycles. The van der Waals surface area contributed by atoms with Crippen LogP contribution in [0.5, 0.6) is 0 Å². The maximum Gasteiger partial charge on any atom is 0.259 e. The number of aryl methyl sites for hydroxylation is 2. The number of hydrogen-bond acceptors (Lipinski definition) is 6. The van der Waals surface area contributed by atoms with E-state index in [9.17, 15) is 4.79 Å². The predicted octanol–water partition coefficient (Wildman–Crippen LogP) is 1.96. The summed E-state index contributed by atoms with van der Waals surface area (Å²) < 4.78 is 0. The predicted molar refractivity (Wildman–Crippen MR) is 80.3 cm³/mol. The van der Waals surface area contributed by atoms with E-state index < -0.39 is 0 Å². The van der Waals surface area contributed by atoms with Crippen LogP contribution in [0.1, 0.15) is 35.1 Å². The molecule has 0 saturated heterocycles. The second-order valence-corrected chi connectivity index (χ2v) is 4.62. The summed E-state index contributed by atoms with van der Waals surface area (Å²) >= 11 is 0. The maximum atomic E-state index is 12.1. The van der Waals surface area contributed by atoms with E-state index in [1.165, 1.54) is 6.20 Å². The van der Waals surface area contributed by atoms with Crippen molar-refractivity contribution in [1.82, 2.24) is 20.2 Å². The zero-order chi connectivity index (χ0) is 15.2. The highest BCUT2D eigenvalue weighted by Gasteiger charge is 2.09. The molecule has 2 heterocycles. The Bertz CT molecular complexity index is 626. The normalized spacial score (nSPS) is 10.2. The van der Waals surface area contributed by atoms with Crippen molar-refractivity contribution in [1.29, 1.82) is 0 Å². The minimum absolute atomic E-state index is 0.191. The van der Waals surface area contributed by atoms with Crippen molar-refractivity contribution in [2.24, 2.45) is 0 Å². The van der Waals surface area contributed by atoms with E-state index in [2.05, 4.69) is 37.7 Å². The highest BCUT2D eigenvalue weighted by atomic mass is 16.1. The Balaban J connectivity index is 2.04. The molecule has 110 valence electrons. The zero-order valence-electron chi connectivity index (χ0n) is 12.3. The highest BCUT2D eigenvalue weighted by Crippen LogP contribution is 2.08. The Morgan fingerprint density at radius 2 is 2.00 bits per heavy atom. The molecule has 7 heteroatoms. The molecule has 0 spiro atoms. The molecule has 0 aromatic carbocycles. The van der Waals surface area contributed by atoms with Crippen LogP contribution in [0, 0.1) is 13.8 Å². The molecule has 0 aliphatic heterocycles. The van der Waals surface area contributed by atoms with Gasteiger partial charge in [0.1, 0.15) is 5.82 Å². The van der Waals surface area contributed by atoms with Crippen molar-refractivity contribution in [2.75, 3.05) is 17.2 Å². The van der Waals surface area contributed by atoms with E-state index in [1.54, 1.807) is 12.1 Å². The Morgan fingerprint density at radius 1 is 1.19 bits per heavy atom. The van der Waals surface area contributed by atoms with Gasteiger partial charge < -0.3 is 5.32 Å². The van der Waals surface area contributed by atoms with E-state index in [1.807, 2.05) is 13.8 Å². The second kappa shape index (κ2) is 6.74. The molecule has 0 aliphatic rings. The number of amides is 1. The molecule has 2 N–H and O–H groups in total. The largest absolute Gasteiger partial charge is 0.370 e. The van der Waals surface area contributed by atoms with Crippen molar-refractivity contribution < 1.29 is 4.79 Å². The molecule has 7 nitrogen and oxygen atoms in total. The van der Waals surface area contributed by atoms with Gasteiger partial charge in [-0.15, -0.1) is 5.10 Å². The molecular weight excluding hydrogens is 268 g/mol. The van der Waals surface area contributed by atoms with Gasteiger partial charge in [0.15, 0.2) is 0 Å². The Labute approximate surface area is 123 Å². The van der Waals surface area contributed by atoms with Crippen LogP contribution in [0.2, 0.25) is 0 Å². The average molecular weight is 286 g/mol.